The van der Waals surface area contributed by atoms with E-state index < -0.39 is 11.8 Å². The molecule has 130 valence electrons. The summed E-state index contributed by atoms with van der Waals surface area (Å²) in [4.78, 5) is 24.4. The number of carbonyl (C=O) groups excluding carboxylic acids is 1. The smallest absolute Gasteiger partial charge is 0.308 e. The molecule has 0 aliphatic rings. The predicted molar refractivity (Wildman–Crippen MR) is 96.6 cm³/mol. The third-order valence-corrected chi connectivity index (χ3v) is 4.03. The third kappa shape index (κ3) is 3.13. The largest absolute Gasteiger partial charge is 0.329 e. The first-order chi connectivity index (χ1) is 12.0. The number of aromatic nitrogens is 2. The Bertz CT molecular complexity index is 990. The maximum Gasteiger partial charge on any atom is 0.329 e. The predicted octanol–water partition coefficient (Wildman–Crippen LogP) is 3.63. The summed E-state index contributed by atoms with van der Waals surface area (Å²) in [6.07, 6.45) is 0. The monoisotopic (exact) mass is 342 g/mol. The average Bonchev–Trinajstić information content (AvgIpc) is 2.86. The lowest BCUT2D eigenvalue weighted by Crippen LogP contribution is -2.23. The van der Waals surface area contributed by atoms with Gasteiger partial charge >= 0.3 is 11.7 Å². The van der Waals surface area contributed by atoms with Crippen molar-refractivity contribution in [3.05, 3.63) is 58.8 Å². The summed E-state index contributed by atoms with van der Waals surface area (Å²) in [6, 6.07) is 10.6. The highest BCUT2D eigenvalue weighted by Crippen LogP contribution is 2.20. The van der Waals surface area contributed by atoms with E-state index in [0.717, 1.165) is 11.0 Å². The van der Waals surface area contributed by atoms with Crippen LogP contribution in [0.4, 0.5) is 20.6 Å². The maximum atomic E-state index is 13.6. The van der Waals surface area contributed by atoms with Crippen molar-refractivity contribution in [2.45, 2.75) is 26.9 Å². The van der Waals surface area contributed by atoms with Gasteiger partial charge in [0.05, 0.1) is 16.7 Å². The van der Waals surface area contributed by atoms with Crippen LogP contribution in [0.1, 0.15) is 13.8 Å². The second-order valence-electron chi connectivity index (χ2n) is 5.53. The summed E-state index contributed by atoms with van der Waals surface area (Å²) in [5, 5.41) is 5.13. The molecule has 0 unspecified atom stereocenters. The van der Waals surface area contributed by atoms with Gasteiger partial charge in [0.1, 0.15) is 5.82 Å². The van der Waals surface area contributed by atoms with E-state index in [4.69, 9.17) is 0 Å². The van der Waals surface area contributed by atoms with E-state index in [0.29, 0.717) is 18.8 Å². The molecule has 0 fully saturated rings. The van der Waals surface area contributed by atoms with Crippen molar-refractivity contribution in [1.29, 1.82) is 0 Å². The van der Waals surface area contributed by atoms with Crippen LogP contribution in [-0.2, 0) is 13.1 Å². The van der Waals surface area contributed by atoms with Gasteiger partial charge in [-0.15, -0.1) is 0 Å². The van der Waals surface area contributed by atoms with Crippen molar-refractivity contribution in [2.24, 2.45) is 0 Å². The molecule has 1 heterocycles. The molecule has 0 saturated heterocycles. The van der Waals surface area contributed by atoms with Gasteiger partial charge in [-0.2, -0.15) is 0 Å². The van der Waals surface area contributed by atoms with Crippen molar-refractivity contribution in [2.75, 3.05) is 10.6 Å². The van der Waals surface area contributed by atoms with E-state index in [2.05, 4.69) is 10.6 Å². The van der Waals surface area contributed by atoms with Gasteiger partial charge in [-0.3, -0.25) is 9.13 Å². The van der Waals surface area contributed by atoms with Crippen LogP contribution in [0.3, 0.4) is 0 Å². The molecule has 7 heteroatoms. The summed E-state index contributed by atoms with van der Waals surface area (Å²) in [5.41, 5.74) is 2.11. The number of anilines is 2. The number of aryl methyl sites for hydroxylation is 2. The molecule has 3 rings (SSSR count). The SMILES string of the molecule is CCn1c(=O)n(CC)c2cc(NC(=O)Nc3ccccc3F)ccc21. The Morgan fingerprint density at radius 1 is 1.00 bits per heavy atom. The zero-order chi connectivity index (χ0) is 18.0. The van der Waals surface area contributed by atoms with Gasteiger partial charge in [0.2, 0.25) is 0 Å². The van der Waals surface area contributed by atoms with Gasteiger partial charge in [-0.05, 0) is 44.2 Å². The summed E-state index contributed by atoms with van der Waals surface area (Å²) in [6.45, 7) is 4.91. The Morgan fingerprint density at radius 2 is 1.68 bits per heavy atom. The summed E-state index contributed by atoms with van der Waals surface area (Å²) in [7, 11) is 0. The van der Waals surface area contributed by atoms with Gasteiger partial charge in [0.25, 0.3) is 0 Å². The molecule has 1 aromatic heterocycles. The normalized spacial score (nSPS) is 10.8. The number of urea groups is 1. The number of para-hydroxylation sites is 1. The van der Waals surface area contributed by atoms with Crippen molar-refractivity contribution in [1.82, 2.24) is 9.13 Å². The lowest BCUT2D eigenvalue weighted by Gasteiger charge is -2.09. The molecule has 0 aliphatic carbocycles. The van der Waals surface area contributed by atoms with E-state index in [1.807, 2.05) is 13.8 Å². The number of amides is 2. The topological polar surface area (TPSA) is 68.1 Å². The van der Waals surface area contributed by atoms with Crippen molar-refractivity contribution >= 4 is 28.4 Å². The average molecular weight is 342 g/mol. The molecule has 2 aromatic carbocycles. The first kappa shape index (κ1) is 16.8. The van der Waals surface area contributed by atoms with Crippen LogP contribution in [0.5, 0.6) is 0 Å². The molecule has 25 heavy (non-hydrogen) atoms. The van der Waals surface area contributed by atoms with E-state index >= 15 is 0 Å². The minimum Gasteiger partial charge on any atom is -0.308 e. The highest BCUT2D eigenvalue weighted by Gasteiger charge is 2.12. The van der Waals surface area contributed by atoms with Crippen molar-refractivity contribution in [3.8, 4) is 0 Å². The number of fused-ring (bicyclic) bond motifs is 1. The van der Waals surface area contributed by atoms with Crippen LogP contribution in [0.2, 0.25) is 0 Å². The van der Waals surface area contributed by atoms with Gasteiger partial charge in [-0.25, -0.2) is 14.0 Å². The second kappa shape index (κ2) is 6.80. The highest BCUT2D eigenvalue weighted by molar-refractivity contribution is 6.00. The molecule has 2 amide bonds. The maximum absolute atomic E-state index is 13.6. The van der Waals surface area contributed by atoms with Crippen LogP contribution in [0, 0.1) is 5.82 Å². The fourth-order valence-corrected chi connectivity index (χ4v) is 2.86. The summed E-state index contributed by atoms with van der Waals surface area (Å²) < 4.78 is 16.9. The highest BCUT2D eigenvalue weighted by atomic mass is 19.1. The third-order valence-electron chi connectivity index (χ3n) is 4.03. The Labute approximate surface area is 143 Å². The number of halogens is 1. The molecule has 0 saturated carbocycles. The molecule has 0 aliphatic heterocycles. The molecular formula is C18H19FN4O2. The van der Waals surface area contributed by atoms with E-state index in [1.54, 1.807) is 39.5 Å². The molecular weight excluding hydrogens is 323 g/mol. The number of hydrogen-bond acceptors (Lipinski definition) is 2. The molecule has 0 bridgehead atoms. The van der Waals surface area contributed by atoms with Gasteiger partial charge in [-0.1, -0.05) is 12.1 Å². The fraction of sp³-hybridized carbons (Fsp3) is 0.222. The number of carbonyl (C=O) groups is 1. The zero-order valence-corrected chi connectivity index (χ0v) is 14.0. The van der Waals surface area contributed by atoms with Gasteiger partial charge in [0.15, 0.2) is 0 Å². The van der Waals surface area contributed by atoms with Crippen LogP contribution in [0.25, 0.3) is 11.0 Å². The van der Waals surface area contributed by atoms with E-state index in [1.165, 1.54) is 12.1 Å². The quantitative estimate of drug-likeness (QED) is 0.760. The minimum atomic E-state index is -0.551. The van der Waals surface area contributed by atoms with Crippen molar-refractivity contribution in [3.63, 3.8) is 0 Å². The minimum absolute atomic E-state index is 0.0760. The summed E-state index contributed by atoms with van der Waals surface area (Å²) >= 11 is 0. The first-order valence-electron chi connectivity index (χ1n) is 8.10. The Morgan fingerprint density at radius 3 is 2.36 bits per heavy atom. The summed E-state index contributed by atoms with van der Waals surface area (Å²) in [5.74, 6) is -0.507. The van der Waals surface area contributed by atoms with Crippen LogP contribution < -0.4 is 16.3 Å². The number of rotatable bonds is 4. The number of benzene rings is 2. The Hall–Kier alpha value is -3.09. The number of imidazole rings is 1. The lowest BCUT2D eigenvalue weighted by molar-refractivity contribution is 0.262. The molecule has 2 N–H and O–H groups in total. The molecule has 6 nitrogen and oxygen atoms in total. The van der Waals surface area contributed by atoms with Gasteiger partial charge in [0, 0.05) is 18.8 Å². The van der Waals surface area contributed by atoms with Crippen LogP contribution in [-0.4, -0.2) is 15.2 Å². The Kier molecular flexibility index (Phi) is 4.56. The standard InChI is InChI=1S/C18H19FN4O2/c1-3-22-15-10-9-12(11-16(15)23(4-2)18(22)25)20-17(24)21-14-8-6-5-7-13(14)19/h5-11H,3-4H2,1-2H3,(H2,20,21,24). The fourth-order valence-electron chi connectivity index (χ4n) is 2.86. The van der Waals surface area contributed by atoms with Gasteiger partial charge < -0.3 is 10.6 Å². The number of nitrogens with zero attached hydrogens (tertiary/aromatic N) is 2. The molecule has 0 atom stereocenters. The first-order valence-corrected chi connectivity index (χ1v) is 8.10. The van der Waals surface area contributed by atoms with E-state index in [-0.39, 0.29) is 11.4 Å². The number of nitrogens with one attached hydrogen (secondary N) is 2. The zero-order valence-electron chi connectivity index (χ0n) is 14.0. The molecule has 0 radical (unpaired) electrons. The molecule has 3 aromatic rings. The second-order valence-corrected chi connectivity index (χ2v) is 5.53. The molecule has 0 spiro atoms. The number of hydrogen-bond donors (Lipinski definition) is 2. The van der Waals surface area contributed by atoms with Crippen LogP contribution in [0.15, 0.2) is 47.3 Å². The Balaban J connectivity index is 1.88. The van der Waals surface area contributed by atoms with Crippen LogP contribution >= 0.6 is 0 Å². The van der Waals surface area contributed by atoms with E-state index in [9.17, 15) is 14.0 Å². The lowest BCUT2D eigenvalue weighted by atomic mass is 10.2. The van der Waals surface area contributed by atoms with Crippen molar-refractivity contribution < 1.29 is 9.18 Å².